The molecular weight excluding hydrogens is 226 g/mol. The number of nitro groups is 1. The molecule has 1 saturated carbocycles. The lowest BCUT2D eigenvalue weighted by molar-refractivity contribution is -0.384. The fraction of sp³-hybridized carbons (Fsp3) is 0.556. The lowest BCUT2D eigenvalue weighted by atomic mass is 9.80. The molecule has 4 N–H and O–H groups in total. The van der Waals surface area contributed by atoms with Gasteiger partial charge in [0.2, 0.25) is 11.8 Å². The van der Waals surface area contributed by atoms with Gasteiger partial charge in [0.05, 0.1) is 10.5 Å². The molecule has 2 rings (SSSR count). The highest BCUT2D eigenvalue weighted by Crippen LogP contribution is 2.32. The summed E-state index contributed by atoms with van der Waals surface area (Å²) in [5.74, 6) is 0.00141. The topological polar surface area (TPSA) is 127 Å². The van der Waals surface area contributed by atoms with Gasteiger partial charge in [0, 0.05) is 6.54 Å². The number of anilines is 2. The Morgan fingerprint density at radius 1 is 1.65 bits per heavy atom. The van der Waals surface area contributed by atoms with Crippen LogP contribution in [0.4, 0.5) is 17.5 Å². The molecule has 0 aromatic carbocycles. The highest BCUT2D eigenvalue weighted by molar-refractivity contribution is 5.56. The van der Waals surface area contributed by atoms with Gasteiger partial charge in [-0.15, -0.1) is 0 Å². The number of nitrogens with one attached hydrogen (secondary N) is 1. The normalized spacial score (nSPS) is 17.2. The summed E-state index contributed by atoms with van der Waals surface area (Å²) in [6.45, 7) is 0.226. The van der Waals surface area contributed by atoms with E-state index in [9.17, 15) is 15.2 Å². The molecule has 17 heavy (non-hydrogen) atoms. The van der Waals surface area contributed by atoms with Crippen LogP contribution in [-0.2, 0) is 0 Å². The van der Waals surface area contributed by atoms with Crippen LogP contribution in [0.3, 0.4) is 0 Å². The standard InChI is InChI=1S/C9H13N5O3/c10-8-11-4-6(14(16)17)7(13-8)12-5-9(15)2-1-3-9/h4,15H,1-3,5H2,(H3,10,11,12,13). The zero-order valence-electron chi connectivity index (χ0n) is 9.09. The van der Waals surface area contributed by atoms with Gasteiger partial charge in [-0.3, -0.25) is 10.1 Å². The summed E-state index contributed by atoms with van der Waals surface area (Å²) < 4.78 is 0. The third-order valence-electron chi connectivity index (χ3n) is 2.85. The van der Waals surface area contributed by atoms with Gasteiger partial charge in [0.25, 0.3) is 0 Å². The summed E-state index contributed by atoms with van der Waals surface area (Å²) in [4.78, 5) is 17.5. The van der Waals surface area contributed by atoms with Crippen molar-refractivity contribution < 1.29 is 10.0 Å². The predicted octanol–water partition coefficient (Wildman–Crippen LogP) is 0.294. The minimum atomic E-state index is -0.784. The van der Waals surface area contributed by atoms with E-state index in [0.717, 1.165) is 12.6 Å². The molecule has 0 aliphatic heterocycles. The van der Waals surface area contributed by atoms with Crippen molar-refractivity contribution in [2.75, 3.05) is 17.6 Å². The lowest BCUT2D eigenvalue weighted by Crippen LogP contribution is -2.43. The van der Waals surface area contributed by atoms with E-state index in [1.807, 2.05) is 0 Å². The Kier molecular flexibility index (Phi) is 2.80. The van der Waals surface area contributed by atoms with Crippen molar-refractivity contribution in [3.63, 3.8) is 0 Å². The molecule has 8 heteroatoms. The second kappa shape index (κ2) is 4.13. The molecule has 1 aliphatic carbocycles. The molecule has 0 saturated heterocycles. The first-order valence-electron chi connectivity index (χ1n) is 5.23. The van der Waals surface area contributed by atoms with Crippen molar-refractivity contribution in [1.82, 2.24) is 9.97 Å². The number of hydrogen-bond donors (Lipinski definition) is 3. The Hall–Kier alpha value is -1.96. The Labute approximate surface area is 97.0 Å². The third-order valence-corrected chi connectivity index (χ3v) is 2.85. The van der Waals surface area contributed by atoms with Gasteiger partial charge in [-0.2, -0.15) is 4.98 Å². The number of hydrogen-bond acceptors (Lipinski definition) is 7. The van der Waals surface area contributed by atoms with E-state index in [-0.39, 0.29) is 24.0 Å². The SMILES string of the molecule is Nc1ncc([N+](=O)[O-])c(NCC2(O)CCC2)n1. The number of nitrogens with zero attached hydrogens (tertiary/aromatic N) is 3. The van der Waals surface area contributed by atoms with Crippen molar-refractivity contribution in [1.29, 1.82) is 0 Å². The maximum absolute atomic E-state index is 10.7. The number of nitrogen functional groups attached to an aromatic ring is 1. The molecule has 0 atom stereocenters. The molecule has 1 aromatic heterocycles. The summed E-state index contributed by atoms with van der Waals surface area (Å²) in [5.41, 5.74) is 4.33. The molecule has 92 valence electrons. The van der Waals surface area contributed by atoms with E-state index in [4.69, 9.17) is 5.73 Å². The van der Waals surface area contributed by atoms with E-state index in [1.54, 1.807) is 0 Å². The Morgan fingerprint density at radius 2 is 2.35 bits per heavy atom. The van der Waals surface area contributed by atoms with Crippen LogP contribution in [0.15, 0.2) is 6.20 Å². The summed E-state index contributed by atoms with van der Waals surface area (Å²) in [6, 6.07) is 0. The molecular formula is C9H13N5O3. The van der Waals surface area contributed by atoms with Crippen molar-refractivity contribution in [3.8, 4) is 0 Å². The van der Waals surface area contributed by atoms with E-state index in [1.165, 1.54) is 0 Å². The van der Waals surface area contributed by atoms with E-state index < -0.39 is 10.5 Å². The summed E-state index contributed by atoms with van der Waals surface area (Å²) in [6.07, 6.45) is 3.39. The van der Waals surface area contributed by atoms with Crippen LogP contribution >= 0.6 is 0 Å². The van der Waals surface area contributed by atoms with Gasteiger partial charge in [-0.1, -0.05) is 0 Å². The summed E-state index contributed by atoms with van der Waals surface area (Å²) >= 11 is 0. The van der Waals surface area contributed by atoms with E-state index >= 15 is 0 Å². The van der Waals surface area contributed by atoms with Gasteiger partial charge in [-0.25, -0.2) is 4.98 Å². The molecule has 0 spiro atoms. The fourth-order valence-corrected chi connectivity index (χ4v) is 1.66. The molecule has 1 aliphatic rings. The highest BCUT2D eigenvalue weighted by Gasteiger charge is 2.34. The van der Waals surface area contributed by atoms with E-state index in [0.29, 0.717) is 12.8 Å². The molecule has 0 radical (unpaired) electrons. The minimum Gasteiger partial charge on any atom is -0.388 e. The van der Waals surface area contributed by atoms with Crippen LogP contribution in [0, 0.1) is 10.1 Å². The van der Waals surface area contributed by atoms with Gasteiger partial charge >= 0.3 is 5.69 Å². The predicted molar refractivity (Wildman–Crippen MR) is 60.4 cm³/mol. The average molecular weight is 239 g/mol. The first-order valence-corrected chi connectivity index (χ1v) is 5.23. The minimum absolute atomic E-state index is 0.0429. The molecule has 1 heterocycles. The number of aromatic nitrogens is 2. The Morgan fingerprint density at radius 3 is 2.88 bits per heavy atom. The maximum Gasteiger partial charge on any atom is 0.329 e. The van der Waals surface area contributed by atoms with Crippen molar-refractivity contribution >= 4 is 17.5 Å². The van der Waals surface area contributed by atoms with Gasteiger partial charge < -0.3 is 16.2 Å². The van der Waals surface area contributed by atoms with Crippen LogP contribution in [0.1, 0.15) is 19.3 Å². The van der Waals surface area contributed by atoms with Crippen LogP contribution in [-0.4, -0.2) is 32.1 Å². The molecule has 0 bridgehead atoms. The molecule has 1 aromatic rings. The fourth-order valence-electron chi connectivity index (χ4n) is 1.66. The summed E-state index contributed by atoms with van der Waals surface area (Å²) in [5, 5.41) is 23.3. The zero-order chi connectivity index (χ0) is 12.5. The number of rotatable bonds is 4. The average Bonchev–Trinajstić information content (AvgIpc) is 2.23. The van der Waals surface area contributed by atoms with Gasteiger partial charge in [0.1, 0.15) is 6.20 Å². The Balaban J connectivity index is 2.13. The molecule has 1 fully saturated rings. The first-order chi connectivity index (χ1) is 8.00. The molecule has 8 nitrogen and oxygen atoms in total. The Bertz CT molecular complexity index is 446. The van der Waals surface area contributed by atoms with Crippen molar-refractivity contribution in [2.24, 2.45) is 0 Å². The second-order valence-electron chi connectivity index (χ2n) is 4.15. The zero-order valence-corrected chi connectivity index (χ0v) is 9.09. The van der Waals surface area contributed by atoms with E-state index in [2.05, 4.69) is 15.3 Å². The third kappa shape index (κ3) is 2.41. The maximum atomic E-state index is 10.7. The van der Waals surface area contributed by atoms with Crippen LogP contribution < -0.4 is 11.1 Å². The second-order valence-corrected chi connectivity index (χ2v) is 4.15. The molecule has 0 amide bonds. The smallest absolute Gasteiger partial charge is 0.329 e. The van der Waals surface area contributed by atoms with Crippen LogP contribution in [0.5, 0.6) is 0 Å². The largest absolute Gasteiger partial charge is 0.388 e. The van der Waals surface area contributed by atoms with Crippen LogP contribution in [0.25, 0.3) is 0 Å². The van der Waals surface area contributed by atoms with Gasteiger partial charge in [0.15, 0.2) is 0 Å². The monoisotopic (exact) mass is 239 g/mol. The summed E-state index contributed by atoms with van der Waals surface area (Å²) in [7, 11) is 0. The highest BCUT2D eigenvalue weighted by atomic mass is 16.6. The van der Waals surface area contributed by atoms with Crippen molar-refractivity contribution in [2.45, 2.75) is 24.9 Å². The number of aliphatic hydroxyl groups is 1. The van der Waals surface area contributed by atoms with Gasteiger partial charge in [-0.05, 0) is 19.3 Å². The van der Waals surface area contributed by atoms with Crippen LogP contribution in [0.2, 0.25) is 0 Å². The number of nitrogens with two attached hydrogens (primary N) is 1. The lowest BCUT2D eigenvalue weighted by Gasteiger charge is -2.36. The van der Waals surface area contributed by atoms with Crippen molar-refractivity contribution in [3.05, 3.63) is 16.3 Å². The first kappa shape index (κ1) is 11.5. The quantitative estimate of drug-likeness (QED) is 0.509. The molecule has 0 unspecified atom stereocenters.